The number of carbonyl (C=O) groups excluding carboxylic acids is 1. The van der Waals surface area contributed by atoms with Crippen molar-refractivity contribution in [2.45, 2.75) is 13.5 Å². The average molecular weight is 449 g/mol. The Morgan fingerprint density at radius 1 is 1.13 bits per heavy atom. The van der Waals surface area contributed by atoms with Gasteiger partial charge in [0.15, 0.2) is 11.5 Å². The van der Waals surface area contributed by atoms with Gasteiger partial charge in [0, 0.05) is 13.7 Å². The van der Waals surface area contributed by atoms with Crippen LogP contribution in [0.4, 0.5) is 0 Å². The van der Waals surface area contributed by atoms with Gasteiger partial charge in [-0.25, -0.2) is 0 Å². The molecular weight excluding hydrogens is 427 g/mol. The summed E-state index contributed by atoms with van der Waals surface area (Å²) in [6.45, 7) is 3.25. The minimum Gasteiger partial charge on any atom is -0.490 e. The van der Waals surface area contributed by atoms with E-state index in [1.165, 1.54) is 13.2 Å². The fraction of sp³-hybridized carbons (Fsp3) is 0.273. The van der Waals surface area contributed by atoms with E-state index in [1.54, 1.807) is 30.3 Å². The minimum atomic E-state index is -0.465. The van der Waals surface area contributed by atoms with Gasteiger partial charge in [0.2, 0.25) is 0 Å². The normalized spacial score (nSPS) is 11.0. The van der Waals surface area contributed by atoms with E-state index in [-0.39, 0.29) is 12.2 Å². The van der Waals surface area contributed by atoms with E-state index in [1.807, 2.05) is 19.1 Å². The molecule has 0 saturated heterocycles. The van der Waals surface area contributed by atoms with Gasteiger partial charge >= 0.3 is 0 Å². The van der Waals surface area contributed by atoms with Crippen LogP contribution in [0.3, 0.4) is 0 Å². The predicted octanol–water partition coefficient (Wildman–Crippen LogP) is 4.64. The van der Waals surface area contributed by atoms with E-state index >= 15 is 0 Å². The number of ether oxygens (including phenoxy) is 3. The van der Waals surface area contributed by atoms with Crippen LogP contribution in [-0.2, 0) is 16.1 Å². The standard InChI is InChI=1S/C22H22Cl2N2O4/c1-3-29-21-12-15(10-17(13-25)22(27)26-8-9-28-2)5-7-20(21)30-14-16-4-6-18(23)19(24)11-16/h4-7,10-12H,3,8-9,14H2,1-2H3,(H,26,27)/b17-10+. The number of nitriles is 1. The fourth-order valence-corrected chi connectivity index (χ4v) is 2.79. The highest BCUT2D eigenvalue weighted by atomic mass is 35.5. The molecule has 2 aromatic rings. The van der Waals surface area contributed by atoms with E-state index < -0.39 is 5.91 Å². The highest BCUT2D eigenvalue weighted by molar-refractivity contribution is 6.42. The SMILES string of the molecule is CCOc1cc(/C=C(\C#N)C(=O)NCCOC)ccc1OCc1ccc(Cl)c(Cl)c1. The lowest BCUT2D eigenvalue weighted by molar-refractivity contribution is -0.117. The Morgan fingerprint density at radius 3 is 2.60 bits per heavy atom. The van der Waals surface area contributed by atoms with Crippen molar-refractivity contribution in [3.8, 4) is 17.6 Å². The molecular formula is C22H22Cl2N2O4. The zero-order valence-corrected chi connectivity index (χ0v) is 18.2. The number of methoxy groups -OCH3 is 1. The first kappa shape index (κ1) is 23.6. The molecule has 1 N–H and O–H groups in total. The van der Waals surface area contributed by atoms with Crippen LogP contribution in [0.15, 0.2) is 42.0 Å². The fourth-order valence-electron chi connectivity index (χ4n) is 2.47. The molecule has 0 aromatic heterocycles. The highest BCUT2D eigenvalue weighted by Crippen LogP contribution is 2.31. The largest absolute Gasteiger partial charge is 0.490 e. The van der Waals surface area contributed by atoms with Crippen molar-refractivity contribution in [3.63, 3.8) is 0 Å². The molecule has 0 unspecified atom stereocenters. The minimum absolute atomic E-state index is 0.0157. The summed E-state index contributed by atoms with van der Waals surface area (Å²) >= 11 is 12.0. The molecule has 2 aromatic carbocycles. The smallest absolute Gasteiger partial charge is 0.262 e. The Hall–Kier alpha value is -2.72. The maximum absolute atomic E-state index is 12.1. The number of nitrogens with one attached hydrogen (secondary N) is 1. The second-order valence-corrected chi connectivity index (χ2v) is 6.91. The lowest BCUT2D eigenvalue weighted by Crippen LogP contribution is -2.27. The van der Waals surface area contributed by atoms with Gasteiger partial charge in [-0.2, -0.15) is 5.26 Å². The van der Waals surface area contributed by atoms with Crippen molar-refractivity contribution in [3.05, 3.63) is 63.1 Å². The lowest BCUT2D eigenvalue weighted by Gasteiger charge is -2.13. The van der Waals surface area contributed by atoms with Crippen molar-refractivity contribution < 1.29 is 19.0 Å². The van der Waals surface area contributed by atoms with Crippen LogP contribution in [0.25, 0.3) is 6.08 Å². The molecule has 0 bridgehead atoms. The summed E-state index contributed by atoms with van der Waals surface area (Å²) in [7, 11) is 1.54. The average Bonchev–Trinajstić information content (AvgIpc) is 2.74. The number of hydrogen-bond donors (Lipinski definition) is 1. The topological polar surface area (TPSA) is 80.6 Å². The molecule has 0 aliphatic rings. The summed E-state index contributed by atoms with van der Waals surface area (Å²) in [5, 5.41) is 12.9. The quantitative estimate of drug-likeness (QED) is 0.325. The van der Waals surface area contributed by atoms with Gasteiger partial charge in [-0.3, -0.25) is 4.79 Å². The van der Waals surface area contributed by atoms with Gasteiger partial charge in [-0.1, -0.05) is 35.3 Å². The first-order valence-corrected chi connectivity index (χ1v) is 9.96. The molecule has 1 amide bonds. The highest BCUT2D eigenvalue weighted by Gasteiger charge is 2.11. The van der Waals surface area contributed by atoms with Crippen LogP contribution in [0, 0.1) is 11.3 Å². The van der Waals surface area contributed by atoms with Gasteiger partial charge in [-0.15, -0.1) is 0 Å². The van der Waals surface area contributed by atoms with Gasteiger partial charge in [-0.05, 0) is 48.4 Å². The van der Waals surface area contributed by atoms with Crippen molar-refractivity contribution >= 4 is 35.2 Å². The number of nitrogens with zero attached hydrogens (tertiary/aromatic N) is 1. The summed E-state index contributed by atoms with van der Waals surface area (Å²) in [5.74, 6) is 0.568. The lowest BCUT2D eigenvalue weighted by atomic mass is 10.1. The molecule has 0 radical (unpaired) electrons. The molecule has 0 fully saturated rings. The third kappa shape index (κ3) is 6.96. The molecule has 6 nitrogen and oxygen atoms in total. The molecule has 0 heterocycles. The van der Waals surface area contributed by atoms with E-state index in [0.717, 1.165) is 5.56 Å². The summed E-state index contributed by atoms with van der Waals surface area (Å²) in [5.41, 5.74) is 1.48. The van der Waals surface area contributed by atoms with Gasteiger partial charge in [0.25, 0.3) is 5.91 Å². The number of amides is 1. The monoisotopic (exact) mass is 448 g/mol. The number of hydrogen-bond acceptors (Lipinski definition) is 5. The molecule has 0 saturated carbocycles. The third-order valence-corrected chi connectivity index (χ3v) is 4.65. The Labute approximate surface area is 185 Å². The summed E-state index contributed by atoms with van der Waals surface area (Å²) in [6, 6.07) is 12.4. The van der Waals surface area contributed by atoms with E-state index in [4.69, 9.17) is 37.4 Å². The van der Waals surface area contributed by atoms with Crippen molar-refractivity contribution in [1.82, 2.24) is 5.32 Å². The van der Waals surface area contributed by atoms with Crippen molar-refractivity contribution in [2.75, 3.05) is 26.9 Å². The Bertz CT molecular complexity index is 955. The second-order valence-electron chi connectivity index (χ2n) is 6.09. The van der Waals surface area contributed by atoms with E-state index in [0.29, 0.717) is 46.9 Å². The van der Waals surface area contributed by atoms with E-state index in [9.17, 15) is 10.1 Å². The zero-order chi connectivity index (χ0) is 21.9. The third-order valence-electron chi connectivity index (χ3n) is 3.91. The Balaban J connectivity index is 2.17. The van der Waals surface area contributed by atoms with Crippen LogP contribution >= 0.6 is 23.2 Å². The van der Waals surface area contributed by atoms with Gasteiger partial charge in [0.1, 0.15) is 18.2 Å². The number of halogens is 2. The molecule has 8 heteroatoms. The molecule has 0 atom stereocenters. The molecule has 2 rings (SSSR count). The van der Waals surface area contributed by atoms with Crippen LogP contribution in [-0.4, -0.2) is 32.8 Å². The summed E-state index contributed by atoms with van der Waals surface area (Å²) in [4.78, 5) is 12.1. The van der Waals surface area contributed by atoms with E-state index in [2.05, 4.69) is 5.32 Å². The summed E-state index contributed by atoms with van der Waals surface area (Å²) < 4.78 is 16.4. The summed E-state index contributed by atoms with van der Waals surface area (Å²) in [6.07, 6.45) is 1.49. The molecule has 30 heavy (non-hydrogen) atoms. The zero-order valence-electron chi connectivity index (χ0n) is 16.7. The molecule has 0 aliphatic carbocycles. The maximum atomic E-state index is 12.1. The first-order chi connectivity index (χ1) is 14.5. The van der Waals surface area contributed by atoms with Crippen molar-refractivity contribution in [2.24, 2.45) is 0 Å². The number of benzene rings is 2. The molecule has 0 spiro atoms. The maximum Gasteiger partial charge on any atom is 0.262 e. The predicted molar refractivity (Wildman–Crippen MR) is 117 cm³/mol. The first-order valence-electron chi connectivity index (χ1n) is 9.21. The molecule has 158 valence electrons. The van der Waals surface area contributed by atoms with Crippen molar-refractivity contribution in [1.29, 1.82) is 5.26 Å². The molecule has 0 aliphatic heterocycles. The van der Waals surface area contributed by atoms with Crippen LogP contribution in [0.1, 0.15) is 18.1 Å². The van der Waals surface area contributed by atoms with Gasteiger partial charge < -0.3 is 19.5 Å². The van der Waals surface area contributed by atoms with Crippen LogP contribution in [0.2, 0.25) is 10.0 Å². The Morgan fingerprint density at radius 2 is 1.93 bits per heavy atom. The van der Waals surface area contributed by atoms with Crippen LogP contribution < -0.4 is 14.8 Å². The second kappa shape index (κ2) is 12.1. The Kier molecular flexibility index (Phi) is 9.49. The number of rotatable bonds is 10. The van der Waals surface area contributed by atoms with Crippen LogP contribution in [0.5, 0.6) is 11.5 Å². The number of carbonyl (C=O) groups is 1. The van der Waals surface area contributed by atoms with Gasteiger partial charge in [0.05, 0.1) is 23.3 Å².